The summed E-state index contributed by atoms with van der Waals surface area (Å²) < 4.78 is 89.4. The van der Waals surface area contributed by atoms with Gasteiger partial charge in [0.25, 0.3) is 20.0 Å². The third-order valence-electron chi connectivity index (χ3n) is 8.50. The molecule has 0 unspecified atom stereocenters. The molecule has 1 aromatic heterocycles. The SMILES string of the molecule is COCCOCCOCCOCCCC(=O)Oc1ccccc1Cc1cc2cc(N(S(=O)(=O)c3ccc(C)cc3)S(=O)(=O)c3ccc(C)cc3)ccc2oc1=O. The fraction of sp³-hybridized carbons (Fsp3) is 0.317. The van der Waals surface area contributed by atoms with Crippen LogP contribution in [0.2, 0.25) is 0 Å². The number of methoxy groups -OCH3 is 1. The Hall–Kier alpha value is -4.90. The first-order valence-electron chi connectivity index (χ1n) is 17.9. The largest absolute Gasteiger partial charge is 0.426 e. The standard InChI is InChI=1S/C41H45NO12S2/c1-30-10-15-36(16-11-30)55(45,46)42(56(47,48)37-17-12-31(2)13-18-37)35-14-19-39-33(29-35)28-34(41(44)54-39)27-32-7-4-5-8-38(32)53-40(43)9-6-20-50-23-24-52-26-25-51-22-21-49-3/h4-5,7-8,10-19,28-29H,6,9,20-27H2,1-3H3. The Labute approximate surface area is 326 Å². The first kappa shape index (κ1) is 42.2. The lowest BCUT2D eigenvalue weighted by Gasteiger charge is -2.24. The number of anilines is 1. The van der Waals surface area contributed by atoms with Crippen molar-refractivity contribution in [2.45, 2.75) is 42.9 Å². The van der Waals surface area contributed by atoms with E-state index in [4.69, 9.17) is 28.1 Å². The average Bonchev–Trinajstić information content (AvgIpc) is 3.16. The van der Waals surface area contributed by atoms with E-state index in [2.05, 4.69) is 0 Å². The number of carbonyl (C=O) groups excluding carboxylic acids is 1. The monoisotopic (exact) mass is 807 g/mol. The van der Waals surface area contributed by atoms with Crippen molar-refractivity contribution in [3.63, 3.8) is 0 Å². The molecule has 15 heteroatoms. The van der Waals surface area contributed by atoms with Gasteiger partial charge in [-0.25, -0.2) is 21.6 Å². The van der Waals surface area contributed by atoms with Gasteiger partial charge in [0.05, 0.1) is 55.1 Å². The number of sulfonamides is 2. The predicted octanol–water partition coefficient (Wildman–Crippen LogP) is 5.97. The summed E-state index contributed by atoms with van der Waals surface area (Å²) >= 11 is 0. The van der Waals surface area contributed by atoms with E-state index in [-0.39, 0.29) is 50.6 Å². The Balaban J connectivity index is 1.31. The van der Waals surface area contributed by atoms with E-state index in [0.717, 1.165) is 11.1 Å². The van der Waals surface area contributed by atoms with Crippen LogP contribution >= 0.6 is 0 Å². The van der Waals surface area contributed by atoms with Gasteiger partial charge in [0.1, 0.15) is 11.3 Å². The number of ether oxygens (including phenoxy) is 5. The van der Waals surface area contributed by atoms with Gasteiger partial charge in [0.15, 0.2) is 0 Å². The van der Waals surface area contributed by atoms with Crippen LogP contribution in [0.25, 0.3) is 11.0 Å². The van der Waals surface area contributed by atoms with Gasteiger partial charge < -0.3 is 28.1 Å². The first-order chi connectivity index (χ1) is 26.9. The van der Waals surface area contributed by atoms with Crippen molar-refractivity contribution in [2.24, 2.45) is 0 Å². The molecular formula is C41H45NO12S2. The molecule has 0 atom stereocenters. The van der Waals surface area contributed by atoms with Crippen LogP contribution in [0, 0.1) is 13.8 Å². The van der Waals surface area contributed by atoms with Gasteiger partial charge >= 0.3 is 11.6 Å². The number of para-hydroxylation sites is 1. The molecule has 0 saturated heterocycles. The van der Waals surface area contributed by atoms with E-state index in [1.165, 1.54) is 48.5 Å². The maximum Gasteiger partial charge on any atom is 0.339 e. The number of esters is 1. The number of nitrogens with zero attached hydrogens (tertiary/aromatic N) is 1. The number of aryl methyl sites for hydroxylation is 2. The zero-order valence-electron chi connectivity index (χ0n) is 31.5. The third kappa shape index (κ3) is 11.1. The minimum absolute atomic E-state index is 0.000465. The summed E-state index contributed by atoms with van der Waals surface area (Å²) in [5.74, 6) is -0.224. The molecule has 0 spiro atoms. The minimum Gasteiger partial charge on any atom is -0.426 e. The van der Waals surface area contributed by atoms with Crippen molar-refractivity contribution in [2.75, 3.05) is 57.1 Å². The second-order valence-electron chi connectivity index (χ2n) is 12.8. The summed E-state index contributed by atoms with van der Waals surface area (Å²) in [4.78, 5) is 25.5. The van der Waals surface area contributed by atoms with Crippen molar-refractivity contribution >= 4 is 42.7 Å². The summed E-state index contributed by atoms with van der Waals surface area (Å²) in [5.41, 5.74) is 1.54. The van der Waals surface area contributed by atoms with Gasteiger partial charge in [0.2, 0.25) is 0 Å². The Morgan fingerprint density at radius 2 is 1.21 bits per heavy atom. The van der Waals surface area contributed by atoms with E-state index in [0.29, 0.717) is 61.9 Å². The van der Waals surface area contributed by atoms with Crippen LogP contribution < -0.4 is 14.1 Å². The topological polar surface area (TPSA) is 165 Å². The third-order valence-corrected chi connectivity index (χ3v) is 12.7. The average molecular weight is 808 g/mol. The summed E-state index contributed by atoms with van der Waals surface area (Å²) in [5, 5.41) is 0.274. The summed E-state index contributed by atoms with van der Waals surface area (Å²) in [6, 6.07) is 24.0. The molecule has 56 heavy (non-hydrogen) atoms. The zero-order chi connectivity index (χ0) is 40.1. The van der Waals surface area contributed by atoms with Crippen LogP contribution in [0.15, 0.2) is 116 Å². The summed E-state index contributed by atoms with van der Waals surface area (Å²) in [6.45, 7) is 6.61. The smallest absolute Gasteiger partial charge is 0.339 e. The molecule has 0 bridgehead atoms. The first-order valence-corrected chi connectivity index (χ1v) is 20.8. The quantitative estimate of drug-likeness (QED) is 0.0370. The molecule has 0 amide bonds. The molecule has 0 radical (unpaired) electrons. The maximum atomic E-state index is 14.1. The Bertz CT molecular complexity index is 2280. The van der Waals surface area contributed by atoms with Crippen molar-refractivity contribution < 1.29 is 49.7 Å². The number of hydrogen-bond donors (Lipinski definition) is 0. The van der Waals surface area contributed by atoms with Crippen molar-refractivity contribution in [1.29, 1.82) is 0 Å². The fourth-order valence-electron chi connectivity index (χ4n) is 5.54. The van der Waals surface area contributed by atoms with Gasteiger partial charge in [-0.05, 0) is 80.4 Å². The van der Waals surface area contributed by atoms with Crippen LogP contribution in [-0.2, 0) is 50.2 Å². The molecule has 0 N–H and O–H groups in total. The molecule has 298 valence electrons. The van der Waals surface area contributed by atoms with Crippen LogP contribution in [0.1, 0.15) is 35.1 Å². The molecule has 5 aromatic rings. The highest BCUT2D eigenvalue weighted by atomic mass is 32.3. The molecule has 0 saturated carbocycles. The molecule has 5 rings (SSSR count). The zero-order valence-corrected chi connectivity index (χ0v) is 33.1. The van der Waals surface area contributed by atoms with Crippen LogP contribution in [0.3, 0.4) is 0 Å². The van der Waals surface area contributed by atoms with Gasteiger partial charge in [-0.3, -0.25) is 4.79 Å². The van der Waals surface area contributed by atoms with Gasteiger partial charge in [-0.2, -0.15) is 3.71 Å². The van der Waals surface area contributed by atoms with Gasteiger partial charge in [-0.15, -0.1) is 0 Å². The lowest BCUT2D eigenvalue weighted by molar-refractivity contribution is -0.134. The highest BCUT2D eigenvalue weighted by molar-refractivity contribution is 8.10. The highest BCUT2D eigenvalue weighted by Crippen LogP contribution is 2.33. The molecular weight excluding hydrogens is 763 g/mol. The van der Waals surface area contributed by atoms with E-state index < -0.39 is 31.6 Å². The lowest BCUT2D eigenvalue weighted by Crippen LogP contribution is -2.37. The Morgan fingerprint density at radius 3 is 1.80 bits per heavy atom. The number of rotatable bonds is 21. The molecule has 0 aliphatic carbocycles. The molecule has 1 heterocycles. The molecule has 0 aliphatic heterocycles. The van der Waals surface area contributed by atoms with E-state index in [1.54, 1.807) is 69.5 Å². The highest BCUT2D eigenvalue weighted by Gasteiger charge is 2.37. The van der Waals surface area contributed by atoms with E-state index >= 15 is 0 Å². The second-order valence-corrected chi connectivity index (χ2v) is 16.6. The Kier molecular flexibility index (Phi) is 14.9. The number of hydrogen-bond acceptors (Lipinski definition) is 12. The van der Waals surface area contributed by atoms with E-state index in [1.807, 2.05) is 0 Å². The Morgan fingerprint density at radius 1 is 0.661 bits per heavy atom. The van der Waals surface area contributed by atoms with Crippen LogP contribution in [0.4, 0.5) is 5.69 Å². The molecule has 4 aromatic carbocycles. The number of fused-ring (bicyclic) bond motifs is 1. The predicted molar refractivity (Wildman–Crippen MR) is 210 cm³/mol. The van der Waals surface area contributed by atoms with Crippen molar-refractivity contribution in [3.8, 4) is 5.75 Å². The van der Waals surface area contributed by atoms with Crippen molar-refractivity contribution in [1.82, 2.24) is 0 Å². The minimum atomic E-state index is -4.67. The maximum absolute atomic E-state index is 14.1. The molecule has 0 aliphatic rings. The van der Waals surface area contributed by atoms with E-state index in [9.17, 15) is 26.4 Å². The summed E-state index contributed by atoms with van der Waals surface area (Å²) in [7, 11) is -7.74. The molecule has 0 fully saturated rings. The number of benzene rings is 4. The van der Waals surface area contributed by atoms with Crippen LogP contribution in [-0.4, -0.2) is 76.2 Å². The molecule has 13 nitrogen and oxygen atoms in total. The lowest BCUT2D eigenvalue weighted by atomic mass is 10.0. The van der Waals surface area contributed by atoms with Crippen molar-refractivity contribution in [3.05, 3.63) is 130 Å². The fourth-order valence-corrected chi connectivity index (χ4v) is 9.22. The normalized spacial score (nSPS) is 11.8. The summed E-state index contributed by atoms with van der Waals surface area (Å²) in [6.07, 6.45) is 0.518. The van der Waals surface area contributed by atoms with Crippen LogP contribution in [0.5, 0.6) is 5.75 Å². The van der Waals surface area contributed by atoms with Gasteiger partial charge in [-0.1, -0.05) is 53.6 Å². The number of carbonyl (C=O) groups is 1. The van der Waals surface area contributed by atoms with Gasteiger partial charge in [0, 0.05) is 37.5 Å². The second kappa shape index (κ2) is 19.8.